The molecule has 26 heavy (non-hydrogen) atoms. The van der Waals surface area contributed by atoms with Crippen molar-refractivity contribution in [1.82, 2.24) is 14.7 Å². The highest BCUT2D eigenvalue weighted by atomic mass is 16.1. The molecule has 0 saturated carbocycles. The molecule has 1 aromatic carbocycles. The lowest BCUT2D eigenvalue weighted by Gasteiger charge is -2.29. The molecule has 2 heterocycles. The normalized spacial score (nSPS) is 12.9. The van der Waals surface area contributed by atoms with Crippen LogP contribution in [0.4, 0.5) is 0 Å². The van der Waals surface area contributed by atoms with Gasteiger partial charge in [0, 0.05) is 18.4 Å². The smallest absolute Gasteiger partial charge is 0.226 e. The Morgan fingerprint density at radius 1 is 1.19 bits per heavy atom. The Labute approximate surface area is 155 Å². The number of imidazole rings is 1. The molecular weight excluding hydrogens is 322 g/mol. The SMILES string of the molecule is Cc1cccn2c(CC(=O)N[C@H](C)CC(C)(C)c3ccccc3)cnc12. The minimum atomic E-state index is 0.00831. The molecular formula is C22H27N3O. The number of nitrogens with zero attached hydrogens (tertiary/aromatic N) is 2. The van der Waals surface area contributed by atoms with E-state index in [9.17, 15) is 4.79 Å². The summed E-state index contributed by atoms with van der Waals surface area (Å²) in [4.78, 5) is 17.0. The van der Waals surface area contributed by atoms with Crippen LogP contribution in [0.3, 0.4) is 0 Å². The Bertz CT molecular complexity index is 896. The largest absolute Gasteiger partial charge is 0.353 e. The van der Waals surface area contributed by atoms with Crippen molar-refractivity contribution in [2.75, 3.05) is 0 Å². The van der Waals surface area contributed by atoms with Crippen LogP contribution in [0.15, 0.2) is 54.9 Å². The van der Waals surface area contributed by atoms with Crippen molar-refractivity contribution in [2.24, 2.45) is 0 Å². The Morgan fingerprint density at radius 3 is 2.65 bits per heavy atom. The first kappa shape index (κ1) is 18.2. The van der Waals surface area contributed by atoms with Gasteiger partial charge in [0.2, 0.25) is 5.91 Å². The maximum Gasteiger partial charge on any atom is 0.226 e. The number of fused-ring (bicyclic) bond motifs is 1. The fourth-order valence-corrected chi connectivity index (χ4v) is 3.65. The monoisotopic (exact) mass is 349 g/mol. The van der Waals surface area contributed by atoms with Crippen LogP contribution in [-0.2, 0) is 16.6 Å². The molecule has 3 rings (SSSR count). The van der Waals surface area contributed by atoms with Crippen molar-refractivity contribution >= 4 is 11.6 Å². The molecule has 0 aliphatic heterocycles. The Morgan fingerprint density at radius 2 is 1.92 bits per heavy atom. The van der Waals surface area contributed by atoms with Crippen molar-refractivity contribution < 1.29 is 4.79 Å². The first-order valence-electron chi connectivity index (χ1n) is 9.13. The van der Waals surface area contributed by atoms with E-state index in [0.29, 0.717) is 6.42 Å². The summed E-state index contributed by atoms with van der Waals surface area (Å²) >= 11 is 0. The first-order valence-corrected chi connectivity index (χ1v) is 9.13. The van der Waals surface area contributed by atoms with Gasteiger partial charge < -0.3 is 9.72 Å². The number of aromatic nitrogens is 2. The maximum absolute atomic E-state index is 12.5. The van der Waals surface area contributed by atoms with Crippen LogP contribution in [0.2, 0.25) is 0 Å². The summed E-state index contributed by atoms with van der Waals surface area (Å²) in [5.41, 5.74) is 4.23. The molecule has 3 aromatic rings. The van der Waals surface area contributed by atoms with E-state index >= 15 is 0 Å². The quantitative estimate of drug-likeness (QED) is 0.729. The number of benzene rings is 1. The highest BCUT2D eigenvalue weighted by Gasteiger charge is 2.24. The number of nitrogens with one attached hydrogen (secondary N) is 1. The summed E-state index contributed by atoms with van der Waals surface area (Å²) in [5.74, 6) is 0.0321. The van der Waals surface area contributed by atoms with Gasteiger partial charge in [-0.25, -0.2) is 4.98 Å². The van der Waals surface area contributed by atoms with E-state index in [1.807, 2.05) is 35.7 Å². The molecule has 4 heteroatoms. The highest BCUT2D eigenvalue weighted by molar-refractivity contribution is 5.78. The number of hydrogen-bond donors (Lipinski definition) is 1. The van der Waals surface area contributed by atoms with Crippen LogP contribution >= 0.6 is 0 Å². The zero-order valence-corrected chi connectivity index (χ0v) is 16.0. The molecule has 0 saturated heterocycles. The van der Waals surface area contributed by atoms with Crippen molar-refractivity contribution in [3.8, 4) is 0 Å². The molecule has 2 aromatic heterocycles. The summed E-state index contributed by atoms with van der Waals surface area (Å²) in [6.07, 6.45) is 4.97. The number of carbonyl (C=O) groups excluding carboxylic acids is 1. The predicted molar refractivity (Wildman–Crippen MR) is 105 cm³/mol. The highest BCUT2D eigenvalue weighted by Crippen LogP contribution is 2.28. The van der Waals surface area contributed by atoms with Crippen LogP contribution in [0.1, 0.15) is 44.0 Å². The van der Waals surface area contributed by atoms with E-state index in [0.717, 1.165) is 23.3 Å². The van der Waals surface area contributed by atoms with Gasteiger partial charge in [-0.05, 0) is 42.9 Å². The van der Waals surface area contributed by atoms with Crippen molar-refractivity contribution in [2.45, 2.75) is 52.0 Å². The van der Waals surface area contributed by atoms with Gasteiger partial charge in [0.05, 0.1) is 12.1 Å². The molecule has 136 valence electrons. The van der Waals surface area contributed by atoms with Gasteiger partial charge in [0.1, 0.15) is 5.65 Å². The average Bonchev–Trinajstić information content (AvgIpc) is 2.99. The topological polar surface area (TPSA) is 46.4 Å². The lowest BCUT2D eigenvalue weighted by molar-refractivity contribution is -0.121. The number of amides is 1. The lowest BCUT2D eigenvalue weighted by atomic mass is 9.79. The number of carbonyl (C=O) groups is 1. The first-order chi connectivity index (χ1) is 12.4. The van der Waals surface area contributed by atoms with Crippen LogP contribution in [0.5, 0.6) is 0 Å². The van der Waals surface area contributed by atoms with Gasteiger partial charge in [0.25, 0.3) is 0 Å². The van der Waals surface area contributed by atoms with Gasteiger partial charge in [-0.3, -0.25) is 4.79 Å². The maximum atomic E-state index is 12.5. The molecule has 0 aliphatic carbocycles. The van der Waals surface area contributed by atoms with E-state index < -0.39 is 0 Å². The summed E-state index contributed by atoms with van der Waals surface area (Å²) < 4.78 is 1.99. The second kappa shape index (κ2) is 7.32. The molecule has 1 atom stereocenters. The van der Waals surface area contributed by atoms with Crippen molar-refractivity contribution in [1.29, 1.82) is 0 Å². The molecule has 1 N–H and O–H groups in total. The Kier molecular flexibility index (Phi) is 5.12. The number of hydrogen-bond acceptors (Lipinski definition) is 2. The van der Waals surface area contributed by atoms with Gasteiger partial charge in [-0.1, -0.05) is 50.2 Å². The van der Waals surface area contributed by atoms with Crippen LogP contribution in [0, 0.1) is 6.92 Å². The zero-order chi connectivity index (χ0) is 18.7. The second-order valence-corrected chi connectivity index (χ2v) is 7.73. The van der Waals surface area contributed by atoms with E-state index in [1.54, 1.807) is 6.20 Å². The third kappa shape index (κ3) is 3.96. The summed E-state index contributed by atoms with van der Waals surface area (Å²) in [5, 5.41) is 3.14. The molecule has 0 unspecified atom stereocenters. The molecule has 1 amide bonds. The minimum absolute atomic E-state index is 0.00831. The number of pyridine rings is 1. The average molecular weight is 349 g/mol. The van der Waals surface area contributed by atoms with Gasteiger partial charge in [-0.15, -0.1) is 0 Å². The number of rotatable bonds is 6. The van der Waals surface area contributed by atoms with E-state index in [1.165, 1.54) is 5.56 Å². The molecule has 0 spiro atoms. The molecule has 0 radical (unpaired) electrons. The summed E-state index contributed by atoms with van der Waals surface area (Å²) in [6, 6.07) is 14.6. The lowest BCUT2D eigenvalue weighted by Crippen LogP contribution is -2.38. The minimum Gasteiger partial charge on any atom is -0.353 e. The van der Waals surface area contributed by atoms with Gasteiger partial charge >= 0.3 is 0 Å². The van der Waals surface area contributed by atoms with E-state index in [2.05, 4.69) is 55.3 Å². The second-order valence-electron chi connectivity index (χ2n) is 7.73. The zero-order valence-electron chi connectivity index (χ0n) is 16.0. The summed E-state index contributed by atoms with van der Waals surface area (Å²) in [6.45, 7) is 8.54. The van der Waals surface area contributed by atoms with Crippen LogP contribution < -0.4 is 5.32 Å². The standard InChI is InChI=1S/C22H27N3O/c1-16-9-8-12-25-19(15-23-21(16)25)13-20(26)24-17(2)14-22(3,4)18-10-6-5-7-11-18/h5-12,15,17H,13-14H2,1-4H3,(H,24,26)/t17-/m1/s1. The van der Waals surface area contributed by atoms with E-state index in [-0.39, 0.29) is 17.4 Å². The van der Waals surface area contributed by atoms with Crippen molar-refractivity contribution in [3.63, 3.8) is 0 Å². The fraction of sp³-hybridized carbons (Fsp3) is 0.364. The third-order valence-corrected chi connectivity index (χ3v) is 4.93. The summed E-state index contributed by atoms with van der Waals surface area (Å²) in [7, 11) is 0. The van der Waals surface area contributed by atoms with Gasteiger partial charge in [-0.2, -0.15) is 0 Å². The number of aryl methyl sites for hydroxylation is 1. The van der Waals surface area contributed by atoms with Crippen LogP contribution in [0.25, 0.3) is 5.65 Å². The Hall–Kier alpha value is -2.62. The molecule has 0 fully saturated rings. The molecule has 4 nitrogen and oxygen atoms in total. The predicted octanol–water partition coefficient (Wildman–Crippen LogP) is 4.06. The fourth-order valence-electron chi connectivity index (χ4n) is 3.65. The third-order valence-electron chi connectivity index (χ3n) is 4.93. The van der Waals surface area contributed by atoms with Crippen LogP contribution in [-0.4, -0.2) is 21.3 Å². The molecule has 0 aliphatic rings. The Balaban J connectivity index is 1.63. The van der Waals surface area contributed by atoms with Gasteiger partial charge in [0.15, 0.2) is 0 Å². The molecule has 0 bridgehead atoms. The van der Waals surface area contributed by atoms with E-state index in [4.69, 9.17) is 0 Å². The van der Waals surface area contributed by atoms with Crippen molar-refractivity contribution in [3.05, 3.63) is 71.7 Å².